The van der Waals surface area contributed by atoms with Crippen LogP contribution < -0.4 is 15.0 Å². The summed E-state index contributed by atoms with van der Waals surface area (Å²) < 4.78 is 5.08. The van der Waals surface area contributed by atoms with Crippen molar-refractivity contribution >= 4 is 17.4 Å². The zero-order chi connectivity index (χ0) is 16.9. The molecule has 3 rings (SSSR count). The predicted octanol–water partition coefficient (Wildman–Crippen LogP) is 2.40. The fraction of sp³-hybridized carbons (Fsp3) is 0.158. The monoisotopic (exact) mass is 322 g/mol. The molecule has 0 aromatic heterocycles. The number of piperazine rings is 1. The van der Waals surface area contributed by atoms with E-state index < -0.39 is 0 Å². The number of carbonyl (C=O) groups is 2. The number of ether oxygens (including phenoxy) is 1. The first kappa shape index (κ1) is 15.8. The Labute approximate surface area is 140 Å². The maximum absolute atomic E-state index is 12.6. The highest BCUT2D eigenvalue weighted by Crippen LogP contribution is 2.18. The average molecular weight is 322 g/mol. The summed E-state index contributed by atoms with van der Waals surface area (Å²) in [6, 6.07) is 16.2. The number of methoxy groups -OCH3 is 1. The van der Waals surface area contributed by atoms with E-state index in [-0.39, 0.29) is 11.7 Å². The third kappa shape index (κ3) is 3.30. The molecule has 1 saturated heterocycles. The van der Waals surface area contributed by atoms with E-state index in [9.17, 15) is 9.59 Å². The molecule has 1 heterocycles. The number of hydrogen-bond acceptors (Lipinski definition) is 4. The fourth-order valence-corrected chi connectivity index (χ4v) is 2.56. The summed E-state index contributed by atoms with van der Waals surface area (Å²) in [6.07, 6.45) is 1.36. The number of ketones is 1. The highest BCUT2D eigenvalue weighted by Gasteiger charge is 2.24. The van der Waals surface area contributed by atoms with Crippen molar-refractivity contribution in [3.8, 4) is 5.75 Å². The minimum atomic E-state index is -0.219. The Kier molecular flexibility index (Phi) is 4.61. The molecule has 5 nitrogen and oxygen atoms in total. The van der Waals surface area contributed by atoms with E-state index >= 15 is 0 Å². The number of rotatable bonds is 4. The predicted molar refractivity (Wildman–Crippen MR) is 92.2 cm³/mol. The molecule has 1 aliphatic rings. The summed E-state index contributed by atoms with van der Waals surface area (Å²) in [5.74, 6) is 0.263. The van der Waals surface area contributed by atoms with E-state index in [0.717, 1.165) is 5.69 Å². The van der Waals surface area contributed by atoms with Gasteiger partial charge < -0.3 is 15.0 Å². The SMILES string of the molecule is COc1ccc(C(=O)/C=C2\NCCN(c3ccccc3)C2=O)cc1. The first-order valence-corrected chi connectivity index (χ1v) is 7.70. The Morgan fingerprint density at radius 3 is 2.50 bits per heavy atom. The number of amides is 1. The summed E-state index contributed by atoms with van der Waals surface area (Å²) >= 11 is 0. The molecule has 0 aliphatic carbocycles. The van der Waals surface area contributed by atoms with Crippen LogP contribution in [0.3, 0.4) is 0 Å². The van der Waals surface area contributed by atoms with Gasteiger partial charge in [-0.2, -0.15) is 0 Å². The standard InChI is InChI=1S/C19H18N2O3/c1-24-16-9-7-14(8-10-16)18(22)13-17-19(23)21(12-11-20-17)15-5-3-2-4-6-15/h2-10,13,20H,11-12H2,1H3/b17-13-. The van der Waals surface area contributed by atoms with Gasteiger partial charge in [0.1, 0.15) is 11.4 Å². The maximum atomic E-state index is 12.6. The topological polar surface area (TPSA) is 58.6 Å². The molecule has 1 amide bonds. The zero-order valence-electron chi connectivity index (χ0n) is 13.4. The van der Waals surface area contributed by atoms with Gasteiger partial charge in [0.05, 0.1) is 7.11 Å². The number of benzene rings is 2. The van der Waals surface area contributed by atoms with Crippen molar-refractivity contribution in [3.63, 3.8) is 0 Å². The molecule has 1 aliphatic heterocycles. The Morgan fingerprint density at radius 1 is 1.12 bits per heavy atom. The summed E-state index contributed by atoms with van der Waals surface area (Å²) in [4.78, 5) is 26.7. The minimum absolute atomic E-state index is 0.200. The van der Waals surface area contributed by atoms with Gasteiger partial charge in [-0.15, -0.1) is 0 Å². The molecule has 0 bridgehead atoms. The molecule has 2 aromatic carbocycles. The Hall–Kier alpha value is -3.08. The Balaban J connectivity index is 1.81. The van der Waals surface area contributed by atoms with Crippen molar-refractivity contribution in [2.45, 2.75) is 0 Å². The third-order valence-electron chi connectivity index (χ3n) is 3.84. The number of carbonyl (C=O) groups excluding carboxylic acids is 2. The van der Waals surface area contributed by atoms with Crippen LogP contribution in [0.25, 0.3) is 0 Å². The van der Waals surface area contributed by atoms with Crippen LogP contribution in [0.4, 0.5) is 5.69 Å². The second-order valence-corrected chi connectivity index (χ2v) is 5.37. The number of nitrogens with one attached hydrogen (secondary N) is 1. The molecule has 122 valence electrons. The molecule has 0 spiro atoms. The lowest BCUT2D eigenvalue weighted by atomic mass is 10.1. The first-order chi connectivity index (χ1) is 11.7. The highest BCUT2D eigenvalue weighted by atomic mass is 16.5. The van der Waals surface area contributed by atoms with E-state index in [1.54, 1.807) is 36.3 Å². The highest BCUT2D eigenvalue weighted by molar-refractivity contribution is 6.13. The van der Waals surface area contributed by atoms with E-state index in [1.807, 2.05) is 30.3 Å². The second-order valence-electron chi connectivity index (χ2n) is 5.37. The van der Waals surface area contributed by atoms with E-state index in [2.05, 4.69) is 5.32 Å². The van der Waals surface area contributed by atoms with Gasteiger partial charge in [0.2, 0.25) is 0 Å². The molecule has 0 radical (unpaired) electrons. The van der Waals surface area contributed by atoms with Crippen molar-refractivity contribution in [3.05, 3.63) is 71.9 Å². The van der Waals surface area contributed by atoms with Crippen molar-refractivity contribution in [2.75, 3.05) is 25.1 Å². The van der Waals surface area contributed by atoms with E-state index in [1.165, 1.54) is 6.08 Å². The van der Waals surface area contributed by atoms with Crippen LogP contribution in [0.5, 0.6) is 5.75 Å². The van der Waals surface area contributed by atoms with E-state index in [0.29, 0.717) is 30.1 Å². The number of nitrogens with zero attached hydrogens (tertiary/aromatic N) is 1. The molecule has 24 heavy (non-hydrogen) atoms. The van der Waals surface area contributed by atoms with E-state index in [4.69, 9.17) is 4.74 Å². The van der Waals surface area contributed by atoms with Gasteiger partial charge in [-0.1, -0.05) is 18.2 Å². The van der Waals surface area contributed by atoms with Crippen molar-refractivity contribution in [1.29, 1.82) is 0 Å². The number of allylic oxidation sites excluding steroid dienone is 1. The summed E-state index contributed by atoms with van der Waals surface area (Å²) in [5, 5.41) is 3.02. The van der Waals surface area contributed by atoms with Crippen molar-refractivity contribution < 1.29 is 14.3 Å². The van der Waals surface area contributed by atoms with Gasteiger partial charge in [-0.25, -0.2) is 0 Å². The lowest BCUT2D eigenvalue weighted by Crippen LogP contribution is -2.46. The third-order valence-corrected chi connectivity index (χ3v) is 3.84. The molecule has 0 saturated carbocycles. The summed E-state index contributed by atoms with van der Waals surface area (Å²) in [5.41, 5.74) is 1.65. The van der Waals surface area contributed by atoms with Crippen LogP contribution in [-0.4, -0.2) is 31.9 Å². The zero-order valence-corrected chi connectivity index (χ0v) is 13.4. The summed E-state index contributed by atoms with van der Waals surface area (Å²) in [7, 11) is 1.57. The Bertz CT molecular complexity index is 767. The van der Waals surface area contributed by atoms with Gasteiger partial charge in [-0.05, 0) is 36.4 Å². The second kappa shape index (κ2) is 7.00. The molecular weight excluding hydrogens is 304 g/mol. The largest absolute Gasteiger partial charge is 0.497 e. The van der Waals surface area contributed by atoms with Gasteiger partial charge in [0.15, 0.2) is 5.78 Å². The van der Waals surface area contributed by atoms with Gasteiger partial charge in [0.25, 0.3) is 5.91 Å². The molecule has 0 unspecified atom stereocenters. The van der Waals surface area contributed by atoms with Crippen LogP contribution >= 0.6 is 0 Å². The smallest absolute Gasteiger partial charge is 0.274 e. The molecule has 5 heteroatoms. The molecular formula is C19H18N2O3. The normalized spacial score (nSPS) is 16.0. The van der Waals surface area contributed by atoms with Gasteiger partial charge in [0, 0.05) is 30.4 Å². The van der Waals surface area contributed by atoms with Crippen LogP contribution in [-0.2, 0) is 4.79 Å². The average Bonchev–Trinajstić information content (AvgIpc) is 2.64. The number of anilines is 1. The van der Waals surface area contributed by atoms with Crippen molar-refractivity contribution in [1.82, 2.24) is 5.32 Å². The molecule has 1 fully saturated rings. The summed E-state index contributed by atoms with van der Waals surface area (Å²) in [6.45, 7) is 1.17. The number of para-hydroxylation sites is 1. The van der Waals surface area contributed by atoms with Crippen LogP contribution in [0, 0.1) is 0 Å². The molecule has 0 atom stereocenters. The van der Waals surface area contributed by atoms with Gasteiger partial charge >= 0.3 is 0 Å². The lowest BCUT2D eigenvalue weighted by molar-refractivity contribution is -0.116. The van der Waals surface area contributed by atoms with Crippen LogP contribution in [0.2, 0.25) is 0 Å². The first-order valence-electron chi connectivity index (χ1n) is 7.70. The maximum Gasteiger partial charge on any atom is 0.274 e. The molecule has 2 aromatic rings. The Morgan fingerprint density at radius 2 is 1.83 bits per heavy atom. The minimum Gasteiger partial charge on any atom is -0.497 e. The van der Waals surface area contributed by atoms with Crippen LogP contribution in [0.15, 0.2) is 66.4 Å². The lowest BCUT2D eigenvalue weighted by Gasteiger charge is -2.29. The quantitative estimate of drug-likeness (QED) is 0.694. The van der Waals surface area contributed by atoms with Gasteiger partial charge in [-0.3, -0.25) is 9.59 Å². The van der Waals surface area contributed by atoms with Crippen LogP contribution in [0.1, 0.15) is 10.4 Å². The van der Waals surface area contributed by atoms with Crippen molar-refractivity contribution in [2.24, 2.45) is 0 Å². The fourth-order valence-electron chi connectivity index (χ4n) is 2.56. The number of hydrogen-bond donors (Lipinski definition) is 1. The molecule has 1 N–H and O–H groups in total.